The first-order valence-electron chi connectivity index (χ1n) is 8.80. The molecular weight excluding hydrogens is 340 g/mol. The number of nitrogens with one attached hydrogen (secondary N) is 1. The zero-order valence-corrected chi connectivity index (χ0v) is 15.0. The summed E-state index contributed by atoms with van der Waals surface area (Å²) in [5.41, 5.74) is 4.35. The normalized spacial score (nSPS) is 12.2. The lowest BCUT2D eigenvalue weighted by Gasteiger charge is -2.12. The maximum atomic E-state index is 12.2. The highest BCUT2D eigenvalue weighted by Crippen LogP contribution is 2.14. The van der Waals surface area contributed by atoms with Crippen molar-refractivity contribution in [1.29, 1.82) is 0 Å². The number of imidazole rings is 1. The summed E-state index contributed by atoms with van der Waals surface area (Å²) in [6.07, 6.45) is 4.83. The van der Waals surface area contributed by atoms with Crippen LogP contribution >= 0.6 is 0 Å². The average molecular weight is 360 g/mol. The first-order valence-corrected chi connectivity index (χ1v) is 8.80. The number of rotatable bonds is 6. The molecule has 136 valence electrons. The summed E-state index contributed by atoms with van der Waals surface area (Å²) in [5.74, 6) is -0.0885. The van der Waals surface area contributed by atoms with Gasteiger partial charge in [-0.3, -0.25) is 4.79 Å². The molecule has 0 aliphatic rings. The maximum absolute atomic E-state index is 12.2. The minimum atomic E-state index is -0.388. The van der Waals surface area contributed by atoms with Crippen molar-refractivity contribution in [2.75, 3.05) is 0 Å². The van der Waals surface area contributed by atoms with Gasteiger partial charge in [0, 0.05) is 13.1 Å². The van der Waals surface area contributed by atoms with E-state index in [-0.39, 0.29) is 11.9 Å². The van der Waals surface area contributed by atoms with Crippen LogP contribution in [0.5, 0.6) is 0 Å². The number of hydrogen-bond acceptors (Lipinski definition) is 4. The van der Waals surface area contributed by atoms with Crippen LogP contribution in [0.3, 0.4) is 0 Å². The third kappa shape index (κ3) is 3.72. The number of aromatic nitrogens is 5. The molecule has 0 aliphatic heterocycles. The first kappa shape index (κ1) is 17.0. The molecule has 1 amide bonds. The average Bonchev–Trinajstić information content (AvgIpc) is 3.37. The smallest absolute Gasteiger partial charge is 0.244 e. The highest BCUT2D eigenvalue weighted by atomic mass is 16.2. The van der Waals surface area contributed by atoms with E-state index >= 15 is 0 Å². The van der Waals surface area contributed by atoms with Crippen LogP contribution in [0.25, 0.3) is 11.0 Å². The van der Waals surface area contributed by atoms with Gasteiger partial charge in [0.05, 0.1) is 17.4 Å². The van der Waals surface area contributed by atoms with Crippen molar-refractivity contribution in [1.82, 2.24) is 29.6 Å². The predicted molar refractivity (Wildman–Crippen MR) is 102 cm³/mol. The van der Waals surface area contributed by atoms with Gasteiger partial charge in [0.15, 0.2) is 0 Å². The molecule has 0 aliphatic carbocycles. The number of carbonyl (C=O) groups is 1. The number of fused-ring (bicyclic) bond motifs is 1. The Morgan fingerprint density at radius 1 is 1.07 bits per heavy atom. The van der Waals surface area contributed by atoms with Crippen molar-refractivity contribution in [2.24, 2.45) is 0 Å². The zero-order valence-electron chi connectivity index (χ0n) is 15.0. The quantitative estimate of drug-likeness (QED) is 0.573. The molecule has 7 heteroatoms. The summed E-state index contributed by atoms with van der Waals surface area (Å²) in [6, 6.07) is 15.9. The summed E-state index contributed by atoms with van der Waals surface area (Å²) in [5, 5.41) is 6.93. The number of hydrogen-bond donors (Lipinski definition) is 1. The largest absolute Gasteiger partial charge is 0.350 e. The van der Waals surface area contributed by atoms with Crippen LogP contribution in [0.4, 0.5) is 0 Å². The molecule has 4 aromatic rings. The van der Waals surface area contributed by atoms with Crippen LogP contribution < -0.4 is 5.32 Å². The van der Waals surface area contributed by atoms with Gasteiger partial charge in [-0.2, -0.15) is 5.10 Å². The van der Waals surface area contributed by atoms with Gasteiger partial charge in [-0.15, -0.1) is 0 Å². The Balaban J connectivity index is 1.37. The van der Waals surface area contributed by atoms with Gasteiger partial charge < -0.3 is 9.88 Å². The van der Waals surface area contributed by atoms with E-state index in [1.165, 1.54) is 16.6 Å². The van der Waals surface area contributed by atoms with Crippen molar-refractivity contribution in [3.8, 4) is 0 Å². The predicted octanol–water partition coefficient (Wildman–Crippen LogP) is 2.55. The van der Waals surface area contributed by atoms with Crippen LogP contribution in [0, 0.1) is 0 Å². The number of benzene rings is 2. The molecule has 2 aromatic carbocycles. The molecule has 0 spiro atoms. The molecule has 27 heavy (non-hydrogen) atoms. The number of amides is 1. The van der Waals surface area contributed by atoms with Gasteiger partial charge in [0.25, 0.3) is 0 Å². The third-order valence-corrected chi connectivity index (χ3v) is 4.58. The molecule has 0 saturated carbocycles. The Morgan fingerprint density at radius 3 is 2.63 bits per heavy atom. The Kier molecular flexibility index (Phi) is 4.65. The Hall–Kier alpha value is -3.48. The lowest BCUT2D eigenvalue weighted by molar-refractivity contribution is -0.124. The van der Waals surface area contributed by atoms with Crippen molar-refractivity contribution in [2.45, 2.75) is 26.1 Å². The molecule has 2 heterocycles. The van der Waals surface area contributed by atoms with E-state index in [9.17, 15) is 4.79 Å². The molecule has 2 aromatic heterocycles. The summed E-state index contributed by atoms with van der Waals surface area (Å²) in [7, 11) is 0. The topological polar surface area (TPSA) is 77.6 Å². The highest BCUT2D eigenvalue weighted by molar-refractivity contribution is 5.79. The molecular formula is C20H20N6O. The number of nitrogens with zero attached hydrogens (tertiary/aromatic N) is 5. The fraction of sp³-hybridized carbons (Fsp3) is 0.200. The summed E-state index contributed by atoms with van der Waals surface area (Å²) >= 11 is 0. The van der Waals surface area contributed by atoms with Gasteiger partial charge in [-0.1, -0.05) is 36.4 Å². The van der Waals surface area contributed by atoms with Crippen LogP contribution in [-0.4, -0.2) is 30.2 Å². The Morgan fingerprint density at radius 2 is 1.85 bits per heavy atom. The van der Waals surface area contributed by atoms with Gasteiger partial charge in [-0.05, 0) is 30.2 Å². The lowest BCUT2D eigenvalue weighted by atomic mass is 10.1. The second-order valence-corrected chi connectivity index (χ2v) is 6.45. The fourth-order valence-corrected chi connectivity index (χ4v) is 2.97. The second kappa shape index (κ2) is 7.41. The van der Waals surface area contributed by atoms with E-state index < -0.39 is 0 Å². The molecule has 0 fully saturated rings. The van der Waals surface area contributed by atoms with E-state index in [2.05, 4.69) is 43.1 Å². The van der Waals surface area contributed by atoms with E-state index in [0.717, 1.165) is 23.1 Å². The molecule has 0 unspecified atom stereocenters. The van der Waals surface area contributed by atoms with Crippen molar-refractivity contribution in [3.05, 3.63) is 78.6 Å². The Bertz CT molecular complexity index is 1040. The molecule has 1 atom stereocenters. The minimum Gasteiger partial charge on any atom is -0.350 e. The summed E-state index contributed by atoms with van der Waals surface area (Å²) < 4.78 is 3.67. The standard InChI is InChI=1S/C20H20N6O/c1-15(26-13-21-12-24-26)20(27)22-10-16-6-8-17(9-7-16)11-25-14-23-18-4-2-3-5-19(18)25/h2-9,12-15H,10-11H2,1H3,(H,22,27)/t15-/m1/s1. The van der Waals surface area contributed by atoms with Crippen LogP contribution in [0.15, 0.2) is 67.5 Å². The number of para-hydroxylation sites is 2. The fourth-order valence-electron chi connectivity index (χ4n) is 2.97. The maximum Gasteiger partial charge on any atom is 0.244 e. The highest BCUT2D eigenvalue weighted by Gasteiger charge is 2.14. The van der Waals surface area contributed by atoms with E-state index in [1.807, 2.05) is 36.7 Å². The second-order valence-electron chi connectivity index (χ2n) is 6.45. The van der Waals surface area contributed by atoms with Crippen molar-refractivity contribution < 1.29 is 4.79 Å². The SMILES string of the molecule is C[C@H](C(=O)NCc1ccc(Cn2cnc3ccccc32)cc1)n1cncn1. The van der Waals surface area contributed by atoms with Gasteiger partial charge >= 0.3 is 0 Å². The minimum absolute atomic E-state index is 0.0885. The first-order chi connectivity index (χ1) is 13.2. The van der Waals surface area contributed by atoms with Crippen LogP contribution in [0.2, 0.25) is 0 Å². The van der Waals surface area contributed by atoms with Crippen molar-refractivity contribution >= 4 is 16.9 Å². The Labute approximate surface area is 156 Å². The van der Waals surface area contributed by atoms with Crippen LogP contribution in [-0.2, 0) is 17.9 Å². The lowest BCUT2D eigenvalue weighted by Crippen LogP contribution is -2.30. The van der Waals surface area contributed by atoms with E-state index in [0.29, 0.717) is 6.54 Å². The molecule has 0 radical (unpaired) electrons. The molecule has 0 saturated heterocycles. The number of carbonyl (C=O) groups excluding carboxylic acids is 1. The molecule has 0 bridgehead atoms. The molecule has 7 nitrogen and oxygen atoms in total. The van der Waals surface area contributed by atoms with E-state index in [1.54, 1.807) is 13.3 Å². The van der Waals surface area contributed by atoms with E-state index in [4.69, 9.17) is 0 Å². The van der Waals surface area contributed by atoms with Crippen molar-refractivity contribution in [3.63, 3.8) is 0 Å². The van der Waals surface area contributed by atoms with Crippen LogP contribution in [0.1, 0.15) is 24.1 Å². The van der Waals surface area contributed by atoms with Gasteiger partial charge in [-0.25, -0.2) is 14.6 Å². The third-order valence-electron chi connectivity index (χ3n) is 4.58. The summed E-state index contributed by atoms with van der Waals surface area (Å²) in [4.78, 5) is 20.5. The monoisotopic (exact) mass is 360 g/mol. The van der Waals surface area contributed by atoms with Gasteiger partial charge in [0.1, 0.15) is 18.7 Å². The van der Waals surface area contributed by atoms with Gasteiger partial charge in [0.2, 0.25) is 5.91 Å². The zero-order chi connectivity index (χ0) is 18.6. The molecule has 4 rings (SSSR count). The molecule has 1 N–H and O–H groups in total. The summed E-state index contributed by atoms with van der Waals surface area (Å²) in [6.45, 7) is 3.03.